The van der Waals surface area contributed by atoms with Gasteiger partial charge in [0.15, 0.2) is 0 Å². The van der Waals surface area contributed by atoms with Crippen molar-refractivity contribution in [1.82, 2.24) is 9.80 Å². The average Bonchev–Trinajstić information content (AvgIpc) is 2.71. The standard InChI is InChI=1S/C14H24N2O5/c1-3-8-15(10-12(17)21-2)14(20)16-9-6-4-5-7-11(16)13(18)19/h11H,3-10H2,1-2H3,(H,18,19). The molecule has 2 amide bonds. The Balaban J connectivity index is 2.86. The number of amides is 2. The first-order valence-corrected chi connectivity index (χ1v) is 7.36. The molecule has 1 unspecified atom stereocenters. The topological polar surface area (TPSA) is 87.2 Å². The van der Waals surface area contributed by atoms with Crippen molar-refractivity contribution in [2.24, 2.45) is 0 Å². The van der Waals surface area contributed by atoms with Gasteiger partial charge in [-0.05, 0) is 19.3 Å². The molecule has 7 nitrogen and oxygen atoms in total. The first-order chi connectivity index (χ1) is 10.0. The zero-order valence-corrected chi connectivity index (χ0v) is 12.7. The van der Waals surface area contributed by atoms with Gasteiger partial charge in [0.1, 0.15) is 12.6 Å². The van der Waals surface area contributed by atoms with Gasteiger partial charge in [0.25, 0.3) is 0 Å². The molecule has 0 bridgehead atoms. The number of hydrogen-bond acceptors (Lipinski definition) is 4. The third-order valence-electron chi connectivity index (χ3n) is 3.60. The number of likely N-dealkylation sites (tertiary alicyclic amines) is 1. The molecule has 1 N–H and O–H groups in total. The third-order valence-corrected chi connectivity index (χ3v) is 3.60. The van der Waals surface area contributed by atoms with Crippen molar-refractivity contribution in [1.29, 1.82) is 0 Å². The van der Waals surface area contributed by atoms with Crippen LogP contribution in [0.3, 0.4) is 0 Å². The van der Waals surface area contributed by atoms with E-state index in [-0.39, 0.29) is 6.54 Å². The molecule has 1 fully saturated rings. The van der Waals surface area contributed by atoms with Crippen LogP contribution < -0.4 is 0 Å². The number of carbonyl (C=O) groups excluding carboxylic acids is 2. The van der Waals surface area contributed by atoms with Gasteiger partial charge in [0, 0.05) is 13.1 Å². The van der Waals surface area contributed by atoms with Crippen LogP contribution >= 0.6 is 0 Å². The molecule has 0 aliphatic carbocycles. The summed E-state index contributed by atoms with van der Waals surface area (Å²) < 4.78 is 4.60. The predicted molar refractivity (Wildman–Crippen MR) is 75.9 cm³/mol. The molecule has 0 aromatic heterocycles. The lowest BCUT2D eigenvalue weighted by Crippen LogP contribution is -2.52. The second-order valence-corrected chi connectivity index (χ2v) is 5.18. The number of methoxy groups -OCH3 is 1. The van der Waals surface area contributed by atoms with Crippen LogP contribution in [0.5, 0.6) is 0 Å². The van der Waals surface area contributed by atoms with Gasteiger partial charge in [-0.1, -0.05) is 19.8 Å². The Morgan fingerprint density at radius 1 is 1.29 bits per heavy atom. The summed E-state index contributed by atoms with van der Waals surface area (Å²) in [5, 5.41) is 9.32. The summed E-state index contributed by atoms with van der Waals surface area (Å²) in [7, 11) is 1.27. The van der Waals surface area contributed by atoms with E-state index >= 15 is 0 Å². The molecule has 0 radical (unpaired) electrons. The highest BCUT2D eigenvalue weighted by atomic mass is 16.5. The Morgan fingerprint density at radius 2 is 2.00 bits per heavy atom. The Bertz CT molecular complexity index is 386. The SMILES string of the molecule is CCCN(CC(=O)OC)C(=O)N1CCCCCC1C(=O)O. The molecule has 21 heavy (non-hydrogen) atoms. The highest BCUT2D eigenvalue weighted by molar-refractivity contribution is 5.85. The number of ether oxygens (including phenoxy) is 1. The van der Waals surface area contributed by atoms with E-state index in [0.717, 1.165) is 19.3 Å². The van der Waals surface area contributed by atoms with E-state index in [1.54, 1.807) is 0 Å². The Morgan fingerprint density at radius 3 is 2.57 bits per heavy atom. The Kier molecular flexibility index (Phi) is 6.98. The molecule has 0 spiro atoms. The van der Waals surface area contributed by atoms with Crippen molar-refractivity contribution in [2.45, 2.75) is 45.1 Å². The fourth-order valence-corrected chi connectivity index (χ4v) is 2.51. The number of nitrogens with zero attached hydrogens (tertiary/aromatic N) is 2. The van der Waals surface area contributed by atoms with E-state index in [0.29, 0.717) is 25.9 Å². The maximum atomic E-state index is 12.6. The number of esters is 1. The van der Waals surface area contributed by atoms with Crippen LogP contribution in [0.15, 0.2) is 0 Å². The summed E-state index contributed by atoms with van der Waals surface area (Å²) in [5.74, 6) is -1.49. The van der Waals surface area contributed by atoms with Crippen LogP contribution in [0.2, 0.25) is 0 Å². The molecule has 0 aromatic rings. The number of aliphatic carboxylic acids is 1. The molecule has 0 saturated carbocycles. The maximum Gasteiger partial charge on any atom is 0.326 e. The minimum atomic E-state index is -0.986. The lowest BCUT2D eigenvalue weighted by atomic mass is 10.1. The summed E-state index contributed by atoms with van der Waals surface area (Å²) in [4.78, 5) is 38.1. The van der Waals surface area contributed by atoms with Crippen LogP contribution in [0.1, 0.15) is 39.0 Å². The van der Waals surface area contributed by atoms with Crippen LogP contribution in [-0.4, -0.2) is 65.7 Å². The number of carboxylic acid groups (broad SMARTS) is 1. The van der Waals surface area contributed by atoms with Gasteiger partial charge in [-0.2, -0.15) is 0 Å². The molecule has 120 valence electrons. The largest absolute Gasteiger partial charge is 0.480 e. The predicted octanol–water partition coefficient (Wildman–Crippen LogP) is 1.32. The summed E-state index contributed by atoms with van der Waals surface area (Å²) in [5.41, 5.74) is 0. The minimum absolute atomic E-state index is 0.147. The van der Waals surface area contributed by atoms with Gasteiger partial charge >= 0.3 is 18.0 Å². The summed E-state index contributed by atoms with van der Waals surface area (Å²) in [6.45, 7) is 2.56. The highest BCUT2D eigenvalue weighted by Gasteiger charge is 2.33. The van der Waals surface area contributed by atoms with E-state index in [1.807, 2.05) is 6.92 Å². The van der Waals surface area contributed by atoms with E-state index in [9.17, 15) is 19.5 Å². The van der Waals surface area contributed by atoms with E-state index in [2.05, 4.69) is 4.74 Å². The second-order valence-electron chi connectivity index (χ2n) is 5.18. The first kappa shape index (κ1) is 17.3. The van der Waals surface area contributed by atoms with Crippen molar-refractivity contribution >= 4 is 18.0 Å². The molecule has 0 aromatic carbocycles. The second kappa shape index (κ2) is 8.49. The normalized spacial score (nSPS) is 18.8. The number of urea groups is 1. The monoisotopic (exact) mass is 300 g/mol. The number of rotatable bonds is 5. The number of hydrogen-bond donors (Lipinski definition) is 1. The van der Waals surface area contributed by atoms with Crippen LogP contribution in [0.4, 0.5) is 4.79 Å². The van der Waals surface area contributed by atoms with E-state index in [4.69, 9.17) is 0 Å². The minimum Gasteiger partial charge on any atom is -0.480 e. The molecular weight excluding hydrogens is 276 g/mol. The molecule has 1 saturated heterocycles. The zero-order valence-electron chi connectivity index (χ0n) is 12.7. The molecular formula is C14H24N2O5. The van der Waals surface area contributed by atoms with Crippen molar-refractivity contribution in [3.8, 4) is 0 Å². The van der Waals surface area contributed by atoms with Gasteiger partial charge in [-0.25, -0.2) is 9.59 Å². The molecule has 1 atom stereocenters. The Labute approximate surface area is 124 Å². The first-order valence-electron chi connectivity index (χ1n) is 7.36. The van der Waals surface area contributed by atoms with Gasteiger partial charge < -0.3 is 19.6 Å². The molecule has 1 aliphatic heterocycles. The van der Waals surface area contributed by atoms with Crippen LogP contribution in [-0.2, 0) is 14.3 Å². The lowest BCUT2D eigenvalue weighted by Gasteiger charge is -2.32. The van der Waals surface area contributed by atoms with Gasteiger partial charge in [-0.15, -0.1) is 0 Å². The zero-order chi connectivity index (χ0) is 15.8. The van der Waals surface area contributed by atoms with Gasteiger partial charge in [0.2, 0.25) is 0 Å². The molecule has 1 rings (SSSR count). The van der Waals surface area contributed by atoms with Crippen molar-refractivity contribution < 1.29 is 24.2 Å². The number of carboxylic acids is 1. The van der Waals surface area contributed by atoms with Gasteiger partial charge in [0.05, 0.1) is 7.11 Å². The Hall–Kier alpha value is -1.79. The summed E-state index contributed by atoms with van der Waals surface area (Å²) in [6.07, 6.45) is 3.64. The van der Waals surface area contributed by atoms with Crippen molar-refractivity contribution in [3.63, 3.8) is 0 Å². The van der Waals surface area contributed by atoms with Crippen LogP contribution in [0, 0.1) is 0 Å². The van der Waals surface area contributed by atoms with Crippen molar-refractivity contribution in [3.05, 3.63) is 0 Å². The molecule has 1 aliphatic rings. The summed E-state index contributed by atoms with van der Waals surface area (Å²) in [6, 6.07) is -1.20. The molecule has 7 heteroatoms. The smallest absolute Gasteiger partial charge is 0.326 e. The van der Waals surface area contributed by atoms with E-state index in [1.165, 1.54) is 16.9 Å². The maximum absolute atomic E-state index is 12.6. The summed E-state index contributed by atoms with van der Waals surface area (Å²) >= 11 is 0. The number of carbonyl (C=O) groups is 3. The van der Waals surface area contributed by atoms with Gasteiger partial charge in [-0.3, -0.25) is 4.79 Å². The van der Waals surface area contributed by atoms with Crippen LogP contribution in [0.25, 0.3) is 0 Å². The lowest BCUT2D eigenvalue weighted by molar-refractivity contribution is -0.142. The fraction of sp³-hybridized carbons (Fsp3) is 0.786. The van der Waals surface area contributed by atoms with E-state index < -0.39 is 24.0 Å². The highest BCUT2D eigenvalue weighted by Crippen LogP contribution is 2.19. The van der Waals surface area contributed by atoms with Crippen molar-refractivity contribution in [2.75, 3.05) is 26.7 Å². The average molecular weight is 300 g/mol. The third kappa shape index (κ3) is 4.91. The quantitative estimate of drug-likeness (QED) is 0.774. The molecule has 1 heterocycles. The fourth-order valence-electron chi connectivity index (χ4n) is 2.51.